The monoisotopic (exact) mass is 516 g/mol. The molecule has 0 spiro atoms. The van der Waals surface area contributed by atoms with Crippen molar-refractivity contribution in [3.05, 3.63) is 87.3 Å². The molecule has 0 bridgehead atoms. The van der Waals surface area contributed by atoms with Gasteiger partial charge in [0.1, 0.15) is 17.3 Å². The minimum Gasteiger partial charge on any atom is -0.364 e. The zero-order valence-corrected chi connectivity index (χ0v) is 21.6. The molecular weight excluding hydrogens is 491 g/mol. The van der Waals surface area contributed by atoms with Crippen LogP contribution in [0.25, 0.3) is 22.2 Å². The van der Waals surface area contributed by atoms with Gasteiger partial charge in [0.2, 0.25) is 0 Å². The molecule has 3 aromatic heterocycles. The third-order valence-electron chi connectivity index (χ3n) is 7.08. The van der Waals surface area contributed by atoms with E-state index >= 15 is 4.39 Å². The average Bonchev–Trinajstić information content (AvgIpc) is 2.89. The molecule has 1 aromatic carbocycles. The van der Waals surface area contributed by atoms with Gasteiger partial charge in [0.25, 0.3) is 5.56 Å². The average molecular weight is 517 g/mol. The molecule has 9 heteroatoms. The number of nitriles is 1. The Hall–Kier alpha value is -3.80. The Morgan fingerprint density at radius 2 is 1.86 bits per heavy atom. The molecule has 7 nitrogen and oxygen atoms in total. The molecule has 2 atom stereocenters. The highest BCUT2D eigenvalue weighted by Crippen LogP contribution is 2.30. The van der Waals surface area contributed by atoms with Crippen LogP contribution in [0.5, 0.6) is 0 Å². The molecule has 4 aromatic rings. The summed E-state index contributed by atoms with van der Waals surface area (Å²) in [5.41, 5.74) is 3.80. The highest BCUT2D eigenvalue weighted by Gasteiger charge is 2.32. The summed E-state index contributed by atoms with van der Waals surface area (Å²) in [6.45, 7) is 5.77. The van der Waals surface area contributed by atoms with Gasteiger partial charge >= 0.3 is 0 Å². The van der Waals surface area contributed by atoms with Crippen molar-refractivity contribution < 1.29 is 4.39 Å². The van der Waals surface area contributed by atoms with Crippen molar-refractivity contribution in [1.82, 2.24) is 19.4 Å². The Morgan fingerprint density at radius 3 is 2.59 bits per heavy atom. The van der Waals surface area contributed by atoms with E-state index in [1.54, 1.807) is 66.3 Å². The van der Waals surface area contributed by atoms with E-state index in [-0.39, 0.29) is 23.5 Å². The minimum atomic E-state index is -0.335. The molecule has 1 unspecified atom stereocenters. The molecule has 4 heterocycles. The summed E-state index contributed by atoms with van der Waals surface area (Å²) in [6.07, 6.45) is 1.64. The van der Waals surface area contributed by atoms with Crippen molar-refractivity contribution in [1.29, 1.82) is 5.26 Å². The summed E-state index contributed by atoms with van der Waals surface area (Å²) >= 11 is 5.99. The fraction of sp³-hybridized carbons (Fsp3) is 0.286. The first kappa shape index (κ1) is 24.9. The van der Waals surface area contributed by atoms with E-state index in [2.05, 4.69) is 39.7 Å². The van der Waals surface area contributed by atoms with Crippen LogP contribution in [-0.2, 0) is 13.6 Å². The zero-order chi connectivity index (χ0) is 26.3. The van der Waals surface area contributed by atoms with Crippen molar-refractivity contribution in [3.8, 4) is 17.2 Å². The molecular formula is C28H26ClFN6O. The van der Waals surface area contributed by atoms with E-state index in [4.69, 9.17) is 11.6 Å². The van der Waals surface area contributed by atoms with Crippen LogP contribution >= 0.6 is 11.6 Å². The van der Waals surface area contributed by atoms with Gasteiger partial charge in [-0.25, -0.2) is 9.37 Å². The number of anilines is 1. The second-order valence-electron chi connectivity index (χ2n) is 9.51. The maximum absolute atomic E-state index is 15.5. The quantitative estimate of drug-likeness (QED) is 0.389. The van der Waals surface area contributed by atoms with Gasteiger partial charge in [0.15, 0.2) is 5.82 Å². The predicted molar refractivity (Wildman–Crippen MR) is 143 cm³/mol. The van der Waals surface area contributed by atoms with Crippen LogP contribution < -0.4 is 10.5 Å². The van der Waals surface area contributed by atoms with E-state index < -0.39 is 0 Å². The molecule has 1 aliphatic rings. The van der Waals surface area contributed by atoms with Gasteiger partial charge in [0, 0.05) is 61.6 Å². The summed E-state index contributed by atoms with van der Waals surface area (Å²) in [5, 5.41) is 9.97. The molecule has 1 fully saturated rings. The zero-order valence-electron chi connectivity index (χ0n) is 20.8. The van der Waals surface area contributed by atoms with Gasteiger partial charge in [-0.1, -0.05) is 23.7 Å². The first-order valence-corrected chi connectivity index (χ1v) is 12.5. The summed E-state index contributed by atoms with van der Waals surface area (Å²) < 4.78 is 17.0. The van der Waals surface area contributed by atoms with E-state index in [0.29, 0.717) is 58.3 Å². The molecule has 0 N–H and O–H groups in total. The van der Waals surface area contributed by atoms with Crippen LogP contribution in [0.1, 0.15) is 25.2 Å². The lowest BCUT2D eigenvalue weighted by molar-refractivity contribution is 0.154. The molecule has 5 rings (SSSR count). The van der Waals surface area contributed by atoms with Crippen LogP contribution in [0.2, 0.25) is 5.02 Å². The second-order valence-corrected chi connectivity index (χ2v) is 9.95. The van der Waals surface area contributed by atoms with Crippen LogP contribution in [0.3, 0.4) is 0 Å². The number of piperazine rings is 1. The number of nitrogens with zero attached hydrogens (tertiary/aromatic N) is 6. The Labute approximate surface area is 219 Å². The van der Waals surface area contributed by atoms with Crippen molar-refractivity contribution >= 4 is 28.3 Å². The number of benzene rings is 1. The topological polar surface area (TPSA) is 78.0 Å². The lowest BCUT2D eigenvalue weighted by Crippen LogP contribution is -2.56. The SMILES string of the molecule is CC1CN(c2cc(=O)n(C)c3ccc(C#N)nc23)[C@@H](C)CN1Cc1nccc(-c2ccc(Cl)cc2)c1F. The molecule has 0 amide bonds. The Bertz CT molecular complexity index is 1580. The molecule has 0 radical (unpaired) electrons. The number of halogens is 2. The summed E-state index contributed by atoms with van der Waals surface area (Å²) in [6, 6.07) is 15.9. The van der Waals surface area contributed by atoms with Crippen molar-refractivity contribution in [2.75, 3.05) is 18.0 Å². The predicted octanol–water partition coefficient (Wildman–Crippen LogP) is 4.76. The number of aryl methyl sites for hydroxylation is 1. The summed E-state index contributed by atoms with van der Waals surface area (Å²) in [4.78, 5) is 26.0. The Morgan fingerprint density at radius 1 is 1.11 bits per heavy atom. The normalized spacial score (nSPS) is 18.2. The van der Waals surface area contributed by atoms with Crippen molar-refractivity contribution in [3.63, 3.8) is 0 Å². The smallest absolute Gasteiger partial charge is 0.252 e. The molecule has 0 saturated carbocycles. The van der Waals surface area contributed by atoms with Crippen molar-refractivity contribution in [2.24, 2.45) is 7.05 Å². The molecule has 37 heavy (non-hydrogen) atoms. The van der Waals surface area contributed by atoms with E-state index in [9.17, 15) is 10.1 Å². The lowest BCUT2D eigenvalue weighted by Gasteiger charge is -2.45. The van der Waals surface area contributed by atoms with E-state index in [0.717, 1.165) is 5.56 Å². The third kappa shape index (κ3) is 4.68. The summed E-state index contributed by atoms with van der Waals surface area (Å²) in [5.74, 6) is -0.335. The van der Waals surface area contributed by atoms with Crippen molar-refractivity contribution in [2.45, 2.75) is 32.5 Å². The Balaban J connectivity index is 1.43. The van der Waals surface area contributed by atoms with Crippen LogP contribution in [0.4, 0.5) is 10.1 Å². The first-order chi connectivity index (χ1) is 17.8. The first-order valence-electron chi connectivity index (χ1n) is 12.1. The molecule has 188 valence electrons. The highest BCUT2D eigenvalue weighted by atomic mass is 35.5. The van der Waals surface area contributed by atoms with Gasteiger partial charge in [-0.3, -0.25) is 14.7 Å². The van der Waals surface area contributed by atoms with Crippen LogP contribution in [0.15, 0.2) is 59.5 Å². The molecule has 1 saturated heterocycles. The fourth-order valence-electron chi connectivity index (χ4n) is 4.99. The number of hydrogen-bond donors (Lipinski definition) is 0. The number of hydrogen-bond acceptors (Lipinski definition) is 6. The van der Waals surface area contributed by atoms with E-state index in [1.807, 2.05) is 0 Å². The van der Waals surface area contributed by atoms with E-state index in [1.165, 1.54) is 0 Å². The minimum absolute atomic E-state index is 0.0153. The number of fused-ring (bicyclic) bond motifs is 1. The van der Waals surface area contributed by atoms with Crippen LogP contribution in [0, 0.1) is 17.1 Å². The number of pyridine rings is 3. The fourth-order valence-corrected chi connectivity index (χ4v) is 5.12. The maximum Gasteiger partial charge on any atom is 0.252 e. The highest BCUT2D eigenvalue weighted by molar-refractivity contribution is 6.30. The third-order valence-corrected chi connectivity index (χ3v) is 7.33. The van der Waals surface area contributed by atoms with Gasteiger partial charge in [-0.05, 0) is 49.7 Å². The lowest BCUT2D eigenvalue weighted by atomic mass is 10.0. The van der Waals surface area contributed by atoms with Gasteiger partial charge in [0.05, 0.1) is 16.9 Å². The largest absolute Gasteiger partial charge is 0.364 e. The van der Waals surface area contributed by atoms with Gasteiger partial charge in [-0.2, -0.15) is 5.26 Å². The second kappa shape index (κ2) is 9.92. The standard InChI is InChI=1S/C28H26ClFN6O/c1-17-15-36(25-12-26(37)34(3)24-9-8-21(13-31)33-28(24)25)18(2)14-35(17)16-23-27(30)22(10-11-32-23)19-4-6-20(29)7-5-19/h4-12,17-18H,14-16H2,1-3H3/t17?,18-/m0/s1. The Kier molecular flexibility index (Phi) is 6.67. The number of aromatic nitrogens is 3. The molecule has 1 aliphatic heterocycles. The van der Waals surface area contributed by atoms with Gasteiger partial charge < -0.3 is 9.47 Å². The summed E-state index contributed by atoms with van der Waals surface area (Å²) in [7, 11) is 1.70. The molecule has 0 aliphatic carbocycles. The van der Waals surface area contributed by atoms with Crippen LogP contribution in [-0.4, -0.2) is 44.6 Å². The maximum atomic E-state index is 15.5. The van der Waals surface area contributed by atoms with Gasteiger partial charge in [-0.15, -0.1) is 0 Å². The number of rotatable bonds is 4.